The van der Waals surface area contributed by atoms with Gasteiger partial charge in [-0.15, -0.1) is 0 Å². The van der Waals surface area contributed by atoms with Gasteiger partial charge in [0.1, 0.15) is 11.6 Å². The second-order valence-electron chi connectivity index (χ2n) is 5.67. The van der Waals surface area contributed by atoms with Gasteiger partial charge in [-0.05, 0) is 61.7 Å². The molecule has 0 bridgehead atoms. The molecular weight excluding hydrogens is 328 g/mol. The van der Waals surface area contributed by atoms with Gasteiger partial charge in [-0.1, -0.05) is 15.9 Å². The summed E-state index contributed by atoms with van der Waals surface area (Å²) in [6.45, 7) is 2.02. The fraction of sp³-hybridized carbons (Fsp3) is 0.235. The molecule has 4 rings (SSSR count). The molecule has 2 aromatic carbocycles. The Kier molecular flexibility index (Phi) is 2.82. The number of halogens is 1. The van der Waals surface area contributed by atoms with Crippen molar-refractivity contribution in [2.24, 2.45) is 0 Å². The van der Waals surface area contributed by atoms with Crippen LogP contribution in [-0.4, -0.2) is 14.7 Å². The molecule has 3 aromatic rings. The topological polar surface area (TPSA) is 38.1 Å². The molecule has 0 unspecified atom stereocenters. The van der Waals surface area contributed by atoms with Crippen molar-refractivity contribution in [3.8, 4) is 17.1 Å². The first kappa shape index (κ1) is 12.9. The normalized spacial score (nSPS) is 14.8. The van der Waals surface area contributed by atoms with Gasteiger partial charge in [-0.3, -0.25) is 0 Å². The van der Waals surface area contributed by atoms with E-state index in [1.165, 1.54) is 18.4 Å². The summed E-state index contributed by atoms with van der Waals surface area (Å²) >= 11 is 3.52. The van der Waals surface area contributed by atoms with Crippen LogP contribution in [0.3, 0.4) is 0 Å². The maximum absolute atomic E-state index is 9.62. The van der Waals surface area contributed by atoms with Crippen LogP contribution in [-0.2, 0) is 0 Å². The highest BCUT2D eigenvalue weighted by Crippen LogP contribution is 2.42. The lowest BCUT2D eigenvalue weighted by atomic mass is 10.1. The third kappa shape index (κ3) is 2.14. The predicted molar refractivity (Wildman–Crippen MR) is 87.5 cm³/mol. The van der Waals surface area contributed by atoms with Crippen LogP contribution < -0.4 is 0 Å². The molecule has 1 saturated carbocycles. The Morgan fingerprint density at radius 2 is 2.00 bits per heavy atom. The Morgan fingerprint density at radius 3 is 2.71 bits per heavy atom. The first-order valence-corrected chi connectivity index (χ1v) is 7.90. The molecule has 1 N–H and O–H groups in total. The lowest BCUT2D eigenvalue weighted by Crippen LogP contribution is -1.98. The van der Waals surface area contributed by atoms with Crippen molar-refractivity contribution in [2.75, 3.05) is 0 Å². The van der Waals surface area contributed by atoms with Crippen LogP contribution in [0.2, 0.25) is 0 Å². The average molecular weight is 343 g/mol. The minimum absolute atomic E-state index is 0.299. The number of rotatable bonds is 2. The molecule has 1 heterocycles. The Bertz CT molecular complexity index is 849. The molecule has 0 radical (unpaired) electrons. The fourth-order valence-electron chi connectivity index (χ4n) is 2.86. The largest absolute Gasteiger partial charge is 0.508 e. The molecule has 0 saturated heterocycles. The highest BCUT2D eigenvalue weighted by Gasteiger charge is 2.29. The van der Waals surface area contributed by atoms with Crippen molar-refractivity contribution in [3.05, 3.63) is 46.4 Å². The van der Waals surface area contributed by atoms with E-state index < -0.39 is 0 Å². The van der Waals surface area contributed by atoms with E-state index in [2.05, 4.69) is 38.7 Å². The Balaban J connectivity index is 2.01. The van der Waals surface area contributed by atoms with Crippen molar-refractivity contribution in [1.29, 1.82) is 0 Å². The van der Waals surface area contributed by atoms with Crippen LogP contribution in [0.15, 0.2) is 40.9 Å². The molecule has 0 atom stereocenters. The van der Waals surface area contributed by atoms with Crippen molar-refractivity contribution < 1.29 is 5.11 Å². The molecule has 1 aliphatic carbocycles. The lowest BCUT2D eigenvalue weighted by Gasteiger charge is -2.10. The standard InChI is InChI=1S/C17H15BrN2O/c1-10-8-13(21)5-6-14(10)17-19-15-9-11(18)2-7-16(15)20(17)12-3-4-12/h2,5-9,12,21H,3-4H2,1H3. The number of phenolic OH excluding ortho intramolecular Hbond substituents is 1. The number of nitrogens with zero attached hydrogens (tertiary/aromatic N) is 2. The van der Waals surface area contributed by atoms with Gasteiger partial charge in [-0.25, -0.2) is 4.98 Å². The zero-order valence-corrected chi connectivity index (χ0v) is 13.3. The number of aromatic nitrogens is 2. The summed E-state index contributed by atoms with van der Waals surface area (Å²) in [4.78, 5) is 4.85. The number of imidazole rings is 1. The van der Waals surface area contributed by atoms with Crippen molar-refractivity contribution in [2.45, 2.75) is 25.8 Å². The second kappa shape index (κ2) is 4.60. The van der Waals surface area contributed by atoms with Gasteiger partial charge in [0, 0.05) is 16.1 Å². The van der Waals surface area contributed by atoms with Gasteiger partial charge in [0.2, 0.25) is 0 Å². The molecule has 0 spiro atoms. The predicted octanol–water partition coefficient (Wildman–Crippen LogP) is 4.81. The highest BCUT2D eigenvalue weighted by molar-refractivity contribution is 9.10. The van der Waals surface area contributed by atoms with E-state index in [1.54, 1.807) is 12.1 Å². The summed E-state index contributed by atoms with van der Waals surface area (Å²) in [5.41, 5.74) is 4.33. The van der Waals surface area contributed by atoms with Crippen molar-refractivity contribution in [3.63, 3.8) is 0 Å². The van der Waals surface area contributed by atoms with Crippen molar-refractivity contribution >= 4 is 27.0 Å². The lowest BCUT2D eigenvalue weighted by molar-refractivity contribution is 0.475. The SMILES string of the molecule is Cc1cc(O)ccc1-c1nc2cc(Br)ccc2n1C1CC1. The summed E-state index contributed by atoms with van der Waals surface area (Å²) in [5.74, 6) is 1.30. The molecule has 4 heteroatoms. The van der Waals surface area contributed by atoms with E-state index in [-0.39, 0.29) is 0 Å². The third-order valence-corrected chi connectivity index (χ3v) is 4.51. The number of benzene rings is 2. The fourth-order valence-corrected chi connectivity index (χ4v) is 3.21. The maximum Gasteiger partial charge on any atom is 0.141 e. The number of hydrogen-bond acceptors (Lipinski definition) is 2. The minimum Gasteiger partial charge on any atom is -0.508 e. The minimum atomic E-state index is 0.299. The van der Waals surface area contributed by atoms with E-state index in [0.29, 0.717) is 11.8 Å². The van der Waals surface area contributed by atoms with Gasteiger partial charge in [0.05, 0.1) is 11.0 Å². The molecular formula is C17H15BrN2O. The van der Waals surface area contributed by atoms with E-state index in [9.17, 15) is 5.11 Å². The zero-order valence-electron chi connectivity index (χ0n) is 11.7. The van der Waals surface area contributed by atoms with Gasteiger partial charge < -0.3 is 9.67 Å². The Hall–Kier alpha value is -1.81. The zero-order chi connectivity index (χ0) is 14.6. The summed E-state index contributed by atoms with van der Waals surface area (Å²) in [6, 6.07) is 12.3. The quantitative estimate of drug-likeness (QED) is 0.725. The number of hydrogen-bond donors (Lipinski definition) is 1. The molecule has 1 fully saturated rings. The van der Waals surface area contributed by atoms with E-state index >= 15 is 0 Å². The average Bonchev–Trinajstić information content (AvgIpc) is 3.20. The first-order chi connectivity index (χ1) is 10.1. The number of aryl methyl sites for hydroxylation is 1. The van der Waals surface area contributed by atoms with Crippen LogP contribution in [0.25, 0.3) is 22.4 Å². The van der Waals surface area contributed by atoms with Crippen molar-refractivity contribution in [1.82, 2.24) is 9.55 Å². The maximum atomic E-state index is 9.62. The monoisotopic (exact) mass is 342 g/mol. The molecule has 106 valence electrons. The van der Waals surface area contributed by atoms with Crippen LogP contribution >= 0.6 is 15.9 Å². The van der Waals surface area contributed by atoms with Gasteiger partial charge >= 0.3 is 0 Å². The second-order valence-corrected chi connectivity index (χ2v) is 6.58. The smallest absolute Gasteiger partial charge is 0.141 e. The molecule has 0 amide bonds. The molecule has 1 aromatic heterocycles. The highest BCUT2D eigenvalue weighted by atomic mass is 79.9. The molecule has 1 aliphatic rings. The van der Waals surface area contributed by atoms with Crippen LogP contribution in [0, 0.1) is 6.92 Å². The van der Waals surface area contributed by atoms with Gasteiger partial charge in [0.25, 0.3) is 0 Å². The molecule has 3 nitrogen and oxygen atoms in total. The summed E-state index contributed by atoms with van der Waals surface area (Å²) < 4.78 is 3.39. The van der Waals surface area contributed by atoms with Gasteiger partial charge in [0.15, 0.2) is 0 Å². The van der Waals surface area contributed by atoms with E-state index in [1.807, 2.05) is 13.0 Å². The van der Waals surface area contributed by atoms with E-state index in [4.69, 9.17) is 4.98 Å². The Labute approximate surface area is 131 Å². The first-order valence-electron chi connectivity index (χ1n) is 7.11. The number of aromatic hydroxyl groups is 1. The van der Waals surface area contributed by atoms with Crippen LogP contribution in [0.4, 0.5) is 0 Å². The third-order valence-electron chi connectivity index (χ3n) is 4.01. The van der Waals surface area contributed by atoms with Gasteiger partial charge in [-0.2, -0.15) is 0 Å². The summed E-state index contributed by atoms with van der Waals surface area (Å²) in [7, 11) is 0. The summed E-state index contributed by atoms with van der Waals surface area (Å²) in [6.07, 6.45) is 2.43. The van der Waals surface area contributed by atoms with Crippen LogP contribution in [0.5, 0.6) is 5.75 Å². The van der Waals surface area contributed by atoms with Crippen LogP contribution in [0.1, 0.15) is 24.4 Å². The molecule has 0 aliphatic heterocycles. The Morgan fingerprint density at radius 1 is 1.19 bits per heavy atom. The molecule has 21 heavy (non-hydrogen) atoms. The number of phenols is 1. The number of fused-ring (bicyclic) bond motifs is 1. The summed E-state index contributed by atoms with van der Waals surface area (Å²) in [5, 5.41) is 9.62. The van der Waals surface area contributed by atoms with E-state index in [0.717, 1.165) is 26.9 Å².